The molecular formula is C19H14F3N3O4S. The van der Waals surface area contributed by atoms with Gasteiger partial charge in [0, 0.05) is 23.2 Å². The van der Waals surface area contributed by atoms with E-state index in [0.717, 1.165) is 11.8 Å². The molecule has 0 aliphatic carbocycles. The standard InChI is InChI=1S/C19H14F3N3O4S/c20-19(21,22)10-29-16-4-2-12(8-23-16)17(26)25-18-24-13(9-30-18)11-1-3-14-15(7-11)28-6-5-27-14/h1-4,7-9H,5-6,10H2,(H,24,25,26). The fraction of sp³-hybridized carbons (Fsp3) is 0.211. The van der Waals surface area contributed by atoms with Crippen LogP contribution in [-0.2, 0) is 0 Å². The fourth-order valence-electron chi connectivity index (χ4n) is 2.59. The minimum atomic E-state index is -4.46. The van der Waals surface area contributed by atoms with Crippen molar-refractivity contribution in [2.75, 3.05) is 25.1 Å². The first-order valence-electron chi connectivity index (χ1n) is 8.70. The Balaban J connectivity index is 1.40. The third-order valence-corrected chi connectivity index (χ3v) is 4.70. The first-order chi connectivity index (χ1) is 14.4. The van der Waals surface area contributed by atoms with E-state index in [9.17, 15) is 18.0 Å². The minimum Gasteiger partial charge on any atom is -0.486 e. The van der Waals surface area contributed by atoms with Gasteiger partial charge in [-0.05, 0) is 24.3 Å². The molecule has 0 saturated heterocycles. The van der Waals surface area contributed by atoms with Gasteiger partial charge >= 0.3 is 6.18 Å². The zero-order valence-electron chi connectivity index (χ0n) is 15.2. The van der Waals surface area contributed by atoms with Crippen molar-refractivity contribution in [3.63, 3.8) is 0 Å². The first-order valence-corrected chi connectivity index (χ1v) is 9.58. The Labute approximate surface area is 172 Å². The van der Waals surface area contributed by atoms with Gasteiger partial charge in [0.15, 0.2) is 23.2 Å². The van der Waals surface area contributed by atoms with E-state index in [4.69, 9.17) is 9.47 Å². The predicted octanol–water partition coefficient (Wildman–Crippen LogP) is 4.17. The van der Waals surface area contributed by atoms with Crippen LogP contribution in [0.2, 0.25) is 0 Å². The summed E-state index contributed by atoms with van der Waals surface area (Å²) in [6.07, 6.45) is -3.33. The van der Waals surface area contributed by atoms with Crippen LogP contribution in [0.3, 0.4) is 0 Å². The molecule has 1 aromatic carbocycles. The van der Waals surface area contributed by atoms with Crippen LogP contribution in [0.25, 0.3) is 11.3 Å². The lowest BCUT2D eigenvalue weighted by molar-refractivity contribution is -0.154. The number of anilines is 1. The molecule has 1 N–H and O–H groups in total. The van der Waals surface area contributed by atoms with Crippen molar-refractivity contribution >= 4 is 22.4 Å². The molecule has 0 spiro atoms. The van der Waals surface area contributed by atoms with Crippen molar-refractivity contribution in [3.8, 4) is 28.6 Å². The number of benzene rings is 1. The lowest BCUT2D eigenvalue weighted by Gasteiger charge is -2.18. The molecular weight excluding hydrogens is 423 g/mol. The van der Waals surface area contributed by atoms with Gasteiger partial charge in [0.05, 0.1) is 11.3 Å². The molecule has 0 radical (unpaired) electrons. The van der Waals surface area contributed by atoms with E-state index in [0.29, 0.717) is 35.5 Å². The third-order valence-electron chi connectivity index (χ3n) is 3.94. The SMILES string of the molecule is O=C(Nc1nc(-c2ccc3c(c2)OCCO3)cs1)c1ccc(OCC(F)(F)F)nc1. The molecule has 3 heterocycles. The highest BCUT2D eigenvalue weighted by Gasteiger charge is 2.28. The van der Waals surface area contributed by atoms with E-state index in [-0.39, 0.29) is 11.4 Å². The molecule has 1 amide bonds. The van der Waals surface area contributed by atoms with E-state index < -0.39 is 18.7 Å². The second-order valence-corrected chi connectivity index (χ2v) is 7.00. The second-order valence-electron chi connectivity index (χ2n) is 6.14. The van der Waals surface area contributed by atoms with Crippen LogP contribution in [0.15, 0.2) is 41.9 Å². The second kappa shape index (κ2) is 8.19. The zero-order valence-corrected chi connectivity index (χ0v) is 16.0. The summed E-state index contributed by atoms with van der Waals surface area (Å²) >= 11 is 1.23. The van der Waals surface area contributed by atoms with E-state index in [1.165, 1.54) is 23.5 Å². The van der Waals surface area contributed by atoms with E-state index >= 15 is 0 Å². The number of amides is 1. The van der Waals surface area contributed by atoms with Crippen LogP contribution < -0.4 is 19.5 Å². The number of carbonyl (C=O) groups is 1. The molecule has 3 aromatic rings. The summed E-state index contributed by atoms with van der Waals surface area (Å²) in [5.41, 5.74) is 1.62. The van der Waals surface area contributed by atoms with Gasteiger partial charge in [-0.15, -0.1) is 11.3 Å². The van der Waals surface area contributed by atoms with Gasteiger partial charge in [-0.1, -0.05) is 0 Å². The Bertz CT molecular complexity index is 1050. The van der Waals surface area contributed by atoms with Crippen molar-refractivity contribution in [2.45, 2.75) is 6.18 Å². The van der Waals surface area contributed by atoms with Gasteiger partial charge in [0.1, 0.15) is 13.2 Å². The van der Waals surface area contributed by atoms with Crippen molar-refractivity contribution in [1.82, 2.24) is 9.97 Å². The minimum absolute atomic E-state index is 0.158. The molecule has 2 aromatic heterocycles. The summed E-state index contributed by atoms with van der Waals surface area (Å²) in [4.78, 5) is 20.4. The number of nitrogens with zero attached hydrogens (tertiary/aromatic N) is 2. The van der Waals surface area contributed by atoms with Gasteiger partial charge in [-0.25, -0.2) is 9.97 Å². The van der Waals surface area contributed by atoms with Crippen LogP contribution >= 0.6 is 11.3 Å². The Morgan fingerprint density at radius 2 is 1.97 bits per heavy atom. The van der Waals surface area contributed by atoms with E-state index in [1.54, 1.807) is 11.4 Å². The zero-order chi connectivity index (χ0) is 21.1. The first kappa shape index (κ1) is 20.0. The lowest BCUT2D eigenvalue weighted by atomic mass is 10.1. The number of alkyl halides is 3. The Hall–Kier alpha value is -3.34. The van der Waals surface area contributed by atoms with E-state index in [1.807, 2.05) is 12.1 Å². The molecule has 156 valence electrons. The normalized spacial score (nSPS) is 13.0. The maximum absolute atomic E-state index is 12.3. The number of halogens is 3. The van der Waals surface area contributed by atoms with Gasteiger partial charge < -0.3 is 14.2 Å². The predicted molar refractivity (Wildman–Crippen MR) is 102 cm³/mol. The fourth-order valence-corrected chi connectivity index (χ4v) is 3.31. The van der Waals surface area contributed by atoms with Crippen molar-refractivity contribution in [1.29, 1.82) is 0 Å². The number of ether oxygens (including phenoxy) is 3. The maximum atomic E-state index is 12.3. The van der Waals surface area contributed by atoms with Gasteiger partial charge in [0.2, 0.25) is 5.88 Å². The smallest absolute Gasteiger partial charge is 0.422 e. The molecule has 30 heavy (non-hydrogen) atoms. The molecule has 0 unspecified atom stereocenters. The molecule has 7 nitrogen and oxygen atoms in total. The van der Waals surface area contributed by atoms with Crippen molar-refractivity contribution < 1.29 is 32.2 Å². The number of carbonyl (C=O) groups excluding carboxylic acids is 1. The summed E-state index contributed by atoms with van der Waals surface area (Å²) in [6.45, 7) is -0.473. The number of thiazole rings is 1. The van der Waals surface area contributed by atoms with Gasteiger partial charge in [0.25, 0.3) is 5.91 Å². The molecule has 4 rings (SSSR count). The average Bonchev–Trinajstić information content (AvgIpc) is 3.20. The topological polar surface area (TPSA) is 82.6 Å². The lowest BCUT2D eigenvalue weighted by Crippen LogP contribution is -2.19. The molecule has 1 aliphatic heterocycles. The van der Waals surface area contributed by atoms with Gasteiger partial charge in [-0.2, -0.15) is 13.2 Å². The molecule has 11 heteroatoms. The highest BCUT2D eigenvalue weighted by molar-refractivity contribution is 7.14. The highest BCUT2D eigenvalue weighted by Crippen LogP contribution is 2.35. The van der Waals surface area contributed by atoms with Crippen molar-refractivity contribution in [3.05, 3.63) is 47.5 Å². The number of aromatic nitrogens is 2. The van der Waals surface area contributed by atoms with Crippen LogP contribution in [0.5, 0.6) is 17.4 Å². The Morgan fingerprint density at radius 1 is 1.17 bits per heavy atom. The molecule has 0 fully saturated rings. The summed E-state index contributed by atoms with van der Waals surface area (Å²) < 4.78 is 52.1. The number of fused-ring (bicyclic) bond motifs is 1. The third kappa shape index (κ3) is 4.79. The molecule has 0 bridgehead atoms. The number of hydrogen-bond donors (Lipinski definition) is 1. The number of hydrogen-bond acceptors (Lipinski definition) is 7. The number of nitrogens with one attached hydrogen (secondary N) is 1. The molecule has 1 aliphatic rings. The van der Waals surface area contributed by atoms with Gasteiger partial charge in [-0.3, -0.25) is 10.1 Å². The average molecular weight is 437 g/mol. The summed E-state index contributed by atoms with van der Waals surface area (Å²) in [7, 11) is 0. The van der Waals surface area contributed by atoms with Crippen LogP contribution in [0, 0.1) is 0 Å². The molecule has 0 saturated carbocycles. The van der Waals surface area contributed by atoms with Crippen molar-refractivity contribution in [2.24, 2.45) is 0 Å². The van der Waals surface area contributed by atoms with Crippen LogP contribution in [0.1, 0.15) is 10.4 Å². The summed E-state index contributed by atoms with van der Waals surface area (Å²) in [5, 5.41) is 4.79. The summed E-state index contributed by atoms with van der Waals surface area (Å²) in [5.74, 6) is 0.590. The highest BCUT2D eigenvalue weighted by atomic mass is 32.1. The largest absolute Gasteiger partial charge is 0.486 e. The number of pyridine rings is 1. The van der Waals surface area contributed by atoms with E-state index in [2.05, 4.69) is 20.0 Å². The maximum Gasteiger partial charge on any atom is 0.422 e. The van der Waals surface area contributed by atoms with Crippen LogP contribution in [0.4, 0.5) is 18.3 Å². The van der Waals surface area contributed by atoms with Crippen LogP contribution in [-0.4, -0.2) is 41.9 Å². The monoisotopic (exact) mass is 437 g/mol. The number of rotatable bonds is 5. The Kier molecular flexibility index (Phi) is 5.44. The Morgan fingerprint density at radius 3 is 2.70 bits per heavy atom. The summed E-state index contributed by atoms with van der Waals surface area (Å²) in [6, 6.07) is 7.98. The quantitative estimate of drug-likeness (QED) is 0.645. The molecule has 0 atom stereocenters.